The van der Waals surface area contributed by atoms with Gasteiger partial charge in [-0.1, -0.05) is 33.8 Å². The van der Waals surface area contributed by atoms with Crippen LogP contribution in [0.4, 0.5) is 5.69 Å². The van der Waals surface area contributed by atoms with E-state index in [1.165, 1.54) is 6.08 Å². The van der Waals surface area contributed by atoms with E-state index < -0.39 is 5.91 Å². The van der Waals surface area contributed by atoms with Gasteiger partial charge in [0.05, 0.1) is 21.4 Å². The van der Waals surface area contributed by atoms with Gasteiger partial charge in [0.2, 0.25) is 0 Å². The molecule has 1 aromatic heterocycles. The van der Waals surface area contributed by atoms with Crippen molar-refractivity contribution in [2.45, 2.75) is 0 Å². The quantitative estimate of drug-likeness (QED) is 0.693. The van der Waals surface area contributed by atoms with Gasteiger partial charge >= 0.3 is 0 Å². The van der Waals surface area contributed by atoms with Crippen molar-refractivity contribution in [1.29, 1.82) is 5.26 Å². The minimum Gasteiger partial charge on any atom is -0.320 e. The van der Waals surface area contributed by atoms with Crippen LogP contribution in [0.25, 0.3) is 6.08 Å². The molecule has 20 heavy (non-hydrogen) atoms. The summed E-state index contributed by atoms with van der Waals surface area (Å²) in [7, 11) is 0. The molecule has 0 bridgehead atoms. The maximum atomic E-state index is 12.0. The van der Waals surface area contributed by atoms with E-state index in [1.54, 1.807) is 29.6 Å². The van der Waals surface area contributed by atoms with E-state index in [2.05, 4.69) is 14.9 Å². The summed E-state index contributed by atoms with van der Waals surface area (Å²) < 4.78 is 3.65. The van der Waals surface area contributed by atoms with Crippen molar-refractivity contribution in [3.8, 4) is 6.07 Å². The van der Waals surface area contributed by atoms with E-state index in [9.17, 15) is 4.79 Å². The van der Waals surface area contributed by atoms with Crippen LogP contribution in [0.5, 0.6) is 0 Å². The number of halogens is 2. The van der Waals surface area contributed by atoms with E-state index in [0.717, 1.165) is 11.5 Å². The number of amides is 1. The lowest BCUT2D eigenvalue weighted by Gasteiger charge is -2.07. The molecule has 0 radical (unpaired) electrons. The summed E-state index contributed by atoms with van der Waals surface area (Å²) in [4.78, 5) is 12.0. The molecule has 0 spiro atoms. The third kappa shape index (κ3) is 3.33. The van der Waals surface area contributed by atoms with Gasteiger partial charge in [0.15, 0.2) is 0 Å². The van der Waals surface area contributed by atoms with Gasteiger partial charge in [-0.25, -0.2) is 0 Å². The number of hydrogen-bond acceptors (Lipinski definition) is 5. The second-order valence-corrected chi connectivity index (χ2v) is 4.95. The van der Waals surface area contributed by atoms with Crippen LogP contribution in [-0.4, -0.2) is 15.5 Å². The molecule has 1 aromatic carbocycles. The number of aromatic nitrogens is 2. The van der Waals surface area contributed by atoms with Crippen LogP contribution in [0.1, 0.15) is 5.69 Å². The Bertz CT molecular complexity index is 707. The highest BCUT2D eigenvalue weighted by molar-refractivity contribution is 7.03. The zero-order chi connectivity index (χ0) is 14.5. The minimum atomic E-state index is -0.593. The SMILES string of the molecule is N#C/C(=C\c1csnn1)C(=O)Nc1cccc(Cl)c1Cl. The Morgan fingerprint density at radius 3 is 2.90 bits per heavy atom. The van der Waals surface area contributed by atoms with Gasteiger partial charge in [-0.2, -0.15) is 5.26 Å². The summed E-state index contributed by atoms with van der Waals surface area (Å²) in [5, 5.41) is 17.4. The van der Waals surface area contributed by atoms with Crippen molar-refractivity contribution in [3.63, 3.8) is 0 Å². The van der Waals surface area contributed by atoms with Crippen LogP contribution in [0.2, 0.25) is 10.0 Å². The van der Waals surface area contributed by atoms with Crippen molar-refractivity contribution in [3.05, 3.63) is 44.9 Å². The number of nitriles is 1. The Morgan fingerprint density at radius 1 is 1.45 bits per heavy atom. The van der Waals surface area contributed by atoms with Gasteiger partial charge in [-0.05, 0) is 29.7 Å². The maximum Gasteiger partial charge on any atom is 0.266 e. The number of anilines is 1. The standard InChI is InChI=1S/C12H6Cl2N4OS/c13-9-2-1-3-10(11(9)14)16-12(19)7(5-15)4-8-6-20-18-17-8/h1-4,6H,(H,16,19)/b7-4+. The molecule has 1 heterocycles. The maximum absolute atomic E-state index is 12.0. The van der Waals surface area contributed by atoms with Gasteiger partial charge in [0.25, 0.3) is 5.91 Å². The van der Waals surface area contributed by atoms with Crippen molar-refractivity contribution < 1.29 is 4.79 Å². The van der Waals surface area contributed by atoms with Gasteiger partial charge in [-0.3, -0.25) is 4.79 Å². The Hall–Kier alpha value is -1.94. The Balaban J connectivity index is 2.23. The average Bonchev–Trinajstić information content (AvgIpc) is 2.94. The molecule has 0 aliphatic carbocycles. The van der Waals surface area contributed by atoms with Crippen molar-refractivity contribution >= 4 is 52.4 Å². The second kappa shape index (κ2) is 6.48. The lowest BCUT2D eigenvalue weighted by molar-refractivity contribution is -0.112. The molecular formula is C12H6Cl2N4OS. The van der Waals surface area contributed by atoms with Gasteiger partial charge < -0.3 is 5.32 Å². The van der Waals surface area contributed by atoms with E-state index >= 15 is 0 Å². The number of benzene rings is 1. The molecule has 0 aliphatic heterocycles. The fraction of sp³-hybridized carbons (Fsp3) is 0. The predicted octanol–water partition coefficient (Wildman–Crippen LogP) is 3.39. The molecule has 0 fully saturated rings. The van der Waals surface area contributed by atoms with Crippen LogP contribution in [0.15, 0.2) is 29.2 Å². The highest BCUT2D eigenvalue weighted by Gasteiger charge is 2.13. The molecule has 0 atom stereocenters. The topological polar surface area (TPSA) is 78.7 Å². The van der Waals surface area contributed by atoms with Crippen LogP contribution < -0.4 is 5.32 Å². The minimum absolute atomic E-state index is 0.103. The lowest BCUT2D eigenvalue weighted by atomic mass is 10.2. The molecule has 0 aliphatic rings. The molecular weight excluding hydrogens is 319 g/mol. The molecule has 0 saturated carbocycles. The highest BCUT2D eigenvalue weighted by Crippen LogP contribution is 2.29. The normalized spacial score (nSPS) is 10.9. The van der Waals surface area contributed by atoms with Crippen LogP contribution in [0.3, 0.4) is 0 Å². The summed E-state index contributed by atoms with van der Waals surface area (Å²) >= 11 is 12.9. The number of nitrogens with one attached hydrogen (secondary N) is 1. The fourth-order valence-electron chi connectivity index (χ4n) is 1.32. The molecule has 0 saturated heterocycles. The fourth-order valence-corrected chi connectivity index (χ4v) is 2.08. The smallest absolute Gasteiger partial charge is 0.266 e. The number of carbonyl (C=O) groups is 1. The van der Waals surface area contributed by atoms with Crippen LogP contribution >= 0.6 is 34.7 Å². The second-order valence-electron chi connectivity index (χ2n) is 3.56. The van der Waals surface area contributed by atoms with Crippen molar-refractivity contribution in [1.82, 2.24) is 9.59 Å². The van der Waals surface area contributed by atoms with Gasteiger partial charge in [-0.15, -0.1) is 5.10 Å². The first kappa shape index (κ1) is 14.5. The Morgan fingerprint density at radius 2 is 2.25 bits per heavy atom. The summed E-state index contributed by atoms with van der Waals surface area (Å²) in [6.07, 6.45) is 1.34. The first-order chi connectivity index (χ1) is 9.61. The third-order valence-corrected chi connectivity index (χ3v) is 3.58. The number of carbonyl (C=O) groups excluding carboxylic acids is 1. The Kier molecular flexibility index (Phi) is 4.69. The molecule has 0 unspecified atom stereocenters. The zero-order valence-electron chi connectivity index (χ0n) is 9.80. The lowest BCUT2D eigenvalue weighted by Crippen LogP contribution is -2.13. The van der Waals surface area contributed by atoms with E-state index in [4.69, 9.17) is 28.5 Å². The van der Waals surface area contributed by atoms with Crippen molar-refractivity contribution in [2.75, 3.05) is 5.32 Å². The molecule has 2 aromatic rings. The van der Waals surface area contributed by atoms with Crippen LogP contribution in [0, 0.1) is 11.3 Å². The average molecular weight is 325 g/mol. The van der Waals surface area contributed by atoms with Crippen molar-refractivity contribution in [2.24, 2.45) is 0 Å². The Labute approximate surface area is 128 Å². The largest absolute Gasteiger partial charge is 0.320 e. The summed E-state index contributed by atoms with van der Waals surface area (Å²) in [5.74, 6) is -0.593. The van der Waals surface area contributed by atoms with Gasteiger partial charge in [0.1, 0.15) is 11.6 Å². The molecule has 1 amide bonds. The molecule has 100 valence electrons. The first-order valence-corrected chi connectivity index (χ1v) is 6.85. The monoisotopic (exact) mass is 324 g/mol. The molecule has 2 rings (SSSR count). The predicted molar refractivity (Wildman–Crippen MR) is 78.6 cm³/mol. The highest BCUT2D eigenvalue weighted by atomic mass is 35.5. The third-order valence-electron chi connectivity index (χ3n) is 2.23. The molecule has 5 nitrogen and oxygen atoms in total. The zero-order valence-corrected chi connectivity index (χ0v) is 12.1. The summed E-state index contributed by atoms with van der Waals surface area (Å²) in [6, 6.07) is 6.63. The first-order valence-electron chi connectivity index (χ1n) is 5.26. The van der Waals surface area contributed by atoms with E-state index in [1.807, 2.05) is 0 Å². The molecule has 8 heteroatoms. The number of nitrogens with zero attached hydrogens (tertiary/aromatic N) is 3. The van der Waals surface area contributed by atoms with Crippen LogP contribution in [-0.2, 0) is 4.79 Å². The number of hydrogen-bond donors (Lipinski definition) is 1. The molecule has 1 N–H and O–H groups in total. The summed E-state index contributed by atoms with van der Waals surface area (Å²) in [6.45, 7) is 0. The van der Waals surface area contributed by atoms with E-state index in [0.29, 0.717) is 16.4 Å². The van der Waals surface area contributed by atoms with E-state index in [-0.39, 0.29) is 10.6 Å². The van der Waals surface area contributed by atoms with Gasteiger partial charge in [0, 0.05) is 5.38 Å². The number of rotatable bonds is 3. The summed E-state index contributed by atoms with van der Waals surface area (Å²) in [5.41, 5.74) is 0.675.